The number of carbonyl (C=O) groups excluding carboxylic acids is 3. The van der Waals surface area contributed by atoms with Crippen LogP contribution in [0.5, 0.6) is 0 Å². The van der Waals surface area contributed by atoms with E-state index in [2.05, 4.69) is 4.72 Å². The largest absolute Gasteiger partial charge is 0.442 e. The first kappa shape index (κ1) is 21.6. The molecule has 8 nitrogen and oxygen atoms in total. The number of carbonyl (C=O) groups is 3. The highest BCUT2D eigenvalue weighted by Gasteiger charge is 2.37. The van der Waals surface area contributed by atoms with Gasteiger partial charge in [0.05, 0.1) is 11.1 Å². The van der Waals surface area contributed by atoms with Gasteiger partial charge < -0.3 is 4.74 Å². The molecule has 0 fully saturated rings. The summed E-state index contributed by atoms with van der Waals surface area (Å²) in [7, 11) is -4.36. The van der Waals surface area contributed by atoms with E-state index in [0.717, 1.165) is 17.0 Å². The Labute approximate surface area is 172 Å². The normalized spacial score (nSPS) is 14.7. The second-order valence-corrected chi connectivity index (χ2v) is 8.63. The molecule has 2 aromatic carbocycles. The Morgan fingerprint density at radius 3 is 2.10 bits per heavy atom. The Morgan fingerprint density at radius 1 is 1.03 bits per heavy atom. The van der Waals surface area contributed by atoms with Gasteiger partial charge in [-0.2, -0.15) is 4.72 Å². The van der Waals surface area contributed by atoms with Gasteiger partial charge in [0.25, 0.3) is 11.8 Å². The number of nitrogens with zero attached hydrogens (tertiary/aromatic N) is 1. The van der Waals surface area contributed by atoms with Gasteiger partial charge in [-0.3, -0.25) is 14.4 Å². The highest BCUT2D eigenvalue weighted by molar-refractivity contribution is 7.89. The summed E-state index contributed by atoms with van der Waals surface area (Å²) >= 11 is 0. The maximum Gasteiger partial charge on any atom is 0.326 e. The number of fused-ring (bicyclic) bond motifs is 1. The Morgan fingerprint density at radius 2 is 1.57 bits per heavy atom. The predicted octanol–water partition coefficient (Wildman–Crippen LogP) is 1.93. The molecule has 1 N–H and O–H groups in total. The number of rotatable bonds is 7. The smallest absolute Gasteiger partial charge is 0.326 e. The molecule has 0 bridgehead atoms. The molecule has 158 valence electrons. The van der Waals surface area contributed by atoms with Crippen LogP contribution in [0.1, 0.15) is 34.6 Å². The van der Waals surface area contributed by atoms with Gasteiger partial charge in [0, 0.05) is 0 Å². The van der Waals surface area contributed by atoms with E-state index < -0.39 is 57.2 Å². The van der Waals surface area contributed by atoms with E-state index in [0.29, 0.717) is 0 Å². The summed E-state index contributed by atoms with van der Waals surface area (Å²) in [6.45, 7) is 2.46. The van der Waals surface area contributed by atoms with E-state index in [9.17, 15) is 27.2 Å². The van der Waals surface area contributed by atoms with Crippen LogP contribution in [-0.2, 0) is 19.6 Å². The summed E-state index contributed by atoms with van der Waals surface area (Å²) in [5, 5.41) is 0. The number of benzene rings is 2. The van der Waals surface area contributed by atoms with Crippen molar-refractivity contribution in [3.63, 3.8) is 0 Å². The molecule has 0 radical (unpaired) electrons. The molecule has 2 amide bonds. The first-order chi connectivity index (χ1) is 14.1. The van der Waals surface area contributed by atoms with Crippen molar-refractivity contribution in [2.75, 3.05) is 6.73 Å². The van der Waals surface area contributed by atoms with Gasteiger partial charge in [-0.1, -0.05) is 38.1 Å². The van der Waals surface area contributed by atoms with E-state index in [1.165, 1.54) is 24.3 Å². The summed E-state index contributed by atoms with van der Waals surface area (Å²) in [6.07, 6.45) is 0. The first-order valence-corrected chi connectivity index (χ1v) is 10.5. The van der Waals surface area contributed by atoms with E-state index in [-0.39, 0.29) is 11.1 Å². The summed E-state index contributed by atoms with van der Waals surface area (Å²) in [5.41, 5.74) is 0.387. The third-order valence-electron chi connectivity index (χ3n) is 4.54. The van der Waals surface area contributed by atoms with E-state index >= 15 is 0 Å². The summed E-state index contributed by atoms with van der Waals surface area (Å²) in [5.74, 6) is -3.75. The van der Waals surface area contributed by atoms with Crippen molar-refractivity contribution < 1.29 is 31.9 Å². The number of hydrogen-bond donors (Lipinski definition) is 1. The molecule has 0 saturated heterocycles. The average molecular weight is 434 g/mol. The van der Waals surface area contributed by atoms with Gasteiger partial charge in [-0.15, -0.1) is 0 Å². The van der Waals surface area contributed by atoms with Crippen molar-refractivity contribution in [1.82, 2.24) is 9.62 Å². The quantitative estimate of drug-likeness (QED) is 0.527. The number of sulfonamides is 1. The highest BCUT2D eigenvalue weighted by Crippen LogP contribution is 2.22. The summed E-state index contributed by atoms with van der Waals surface area (Å²) < 4.78 is 46.1. The standard InChI is InChI=1S/C20H19FN2O6S/c1-12(2)17(22-30(27,28)16-10-6-5-9-15(16)21)20(26)29-11-23-18(24)13-7-3-4-8-14(13)19(23)25/h3-10,12,17,22H,11H2,1-2H3/t17-/m0/s1. The van der Waals surface area contributed by atoms with Crippen LogP contribution in [0.15, 0.2) is 53.4 Å². The van der Waals surface area contributed by atoms with Crippen LogP contribution in [0.4, 0.5) is 4.39 Å². The van der Waals surface area contributed by atoms with Gasteiger partial charge >= 0.3 is 5.97 Å². The lowest BCUT2D eigenvalue weighted by Crippen LogP contribution is -2.46. The number of amides is 2. The lowest BCUT2D eigenvalue weighted by Gasteiger charge is -2.22. The van der Waals surface area contributed by atoms with Crippen molar-refractivity contribution in [2.45, 2.75) is 24.8 Å². The SMILES string of the molecule is CC(C)[C@H](NS(=O)(=O)c1ccccc1F)C(=O)OCN1C(=O)c2ccccc2C1=O. The Balaban J connectivity index is 1.72. The molecule has 1 aliphatic rings. The maximum atomic E-state index is 13.9. The Hall–Kier alpha value is -3.11. The molecule has 0 saturated carbocycles. The molecule has 3 rings (SSSR count). The summed E-state index contributed by atoms with van der Waals surface area (Å²) in [4.78, 5) is 37.3. The molecule has 0 unspecified atom stereocenters. The minimum atomic E-state index is -4.36. The molecule has 1 atom stereocenters. The fraction of sp³-hybridized carbons (Fsp3) is 0.250. The molecule has 0 aromatic heterocycles. The molecule has 2 aromatic rings. The molecule has 10 heteroatoms. The second kappa shape index (κ2) is 8.33. The van der Waals surface area contributed by atoms with Crippen LogP contribution in [0.25, 0.3) is 0 Å². The topological polar surface area (TPSA) is 110 Å². The molecule has 1 aliphatic heterocycles. The monoisotopic (exact) mass is 434 g/mol. The summed E-state index contributed by atoms with van der Waals surface area (Å²) in [6, 6.07) is 9.56. The highest BCUT2D eigenvalue weighted by atomic mass is 32.2. The van der Waals surface area contributed by atoms with Crippen LogP contribution in [0.2, 0.25) is 0 Å². The molecule has 0 aliphatic carbocycles. The van der Waals surface area contributed by atoms with Crippen LogP contribution >= 0.6 is 0 Å². The first-order valence-electron chi connectivity index (χ1n) is 9.02. The average Bonchev–Trinajstić information content (AvgIpc) is 2.95. The Bertz CT molecular complexity index is 1080. The van der Waals surface area contributed by atoms with Crippen molar-refractivity contribution in [1.29, 1.82) is 0 Å². The van der Waals surface area contributed by atoms with Gasteiger partial charge in [-0.25, -0.2) is 17.7 Å². The fourth-order valence-corrected chi connectivity index (χ4v) is 4.34. The molecular weight excluding hydrogens is 415 g/mol. The van der Waals surface area contributed by atoms with Gasteiger partial charge in [0.1, 0.15) is 16.8 Å². The molecule has 0 spiro atoms. The Kier molecular flexibility index (Phi) is 5.99. The molecule has 30 heavy (non-hydrogen) atoms. The minimum absolute atomic E-state index is 0.194. The molecule has 1 heterocycles. The van der Waals surface area contributed by atoms with Crippen LogP contribution < -0.4 is 4.72 Å². The van der Waals surface area contributed by atoms with Crippen LogP contribution in [0.3, 0.4) is 0 Å². The lowest BCUT2D eigenvalue weighted by molar-refractivity contribution is -0.149. The van der Waals surface area contributed by atoms with Crippen molar-refractivity contribution >= 4 is 27.8 Å². The third-order valence-corrected chi connectivity index (χ3v) is 6.02. The number of esters is 1. The van der Waals surface area contributed by atoms with Crippen LogP contribution in [-0.4, -0.2) is 43.9 Å². The van der Waals surface area contributed by atoms with Gasteiger partial charge in [0.2, 0.25) is 10.0 Å². The zero-order chi connectivity index (χ0) is 22.1. The lowest BCUT2D eigenvalue weighted by atomic mass is 10.1. The minimum Gasteiger partial charge on any atom is -0.442 e. The zero-order valence-corrected chi connectivity index (χ0v) is 17.0. The number of hydrogen-bond acceptors (Lipinski definition) is 6. The zero-order valence-electron chi connectivity index (χ0n) is 16.2. The van der Waals surface area contributed by atoms with E-state index in [4.69, 9.17) is 4.74 Å². The maximum absolute atomic E-state index is 13.9. The predicted molar refractivity (Wildman–Crippen MR) is 103 cm³/mol. The van der Waals surface area contributed by atoms with Crippen molar-refractivity contribution in [2.24, 2.45) is 5.92 Å². The van der Waals surface area contributed by atoms with E-state index in [1.807, 2.05) is 0 Å². The molecular formula is C20H19FN2O6S. The van der Waals surface area contributed by atoms with Crippen LogP contribution in [0, 0.1) is 11.7 Å². The number of halogens is 1. The van der Waals surface area contributed by atoms with Gasteiger partial charge in [-0.05, 0) is 30.2 Å². The van der Waals surface area contributed by atoms with Gasteiger partial charge in [0.15, 0.2) is 6.73 Å². The fourth-order valence-electron chi connectivity index (χ4n) is 2.92. The van der Waals surface area contributed by atoms with Crippen molar-refractivity contribution in [3.8, 4) is 0 Å². The third kappa shape index (κ3) is 4.10. The number of nitrogens with one attached hydrogen (secondary N) is 1. The van der Waals surface area contributed by atoms with Crippen molar-refractivity contribution in [3.05, 3.63) is 65.5 Å². The van der Waals surface area contributed by atoms with E-state index in [1.54, 1.807) is 26.0 Å². The second-order valence-electron chi connectivity index (χ2n) is 6.95. The number of ether oxygens (including phenoxy) is 1. The number of imide groups is 1.